The Morgan fingerprint density at radius 3 is 2.33 bits per heavy atom. The topological polar surface area (TPSA) is 82.1 Å². The molecule has 4 aliphatic carbocycles. The highest BCUT2D eigenvalue weighted by Gasteiger charge is 2.58. The lowest BCUT2D eigenvalue weighted by Gasteiger charge is -2.59. The van der Waals surface area contributed by atoms with E-state index in [9.17, 15) is 14.7 Å². The van der Waals surface area contributed by atoms with E-state index < -0.39 is 17.3 Å². The van der Waals surface area contributed by atoms with Crippen molar-refractivity contribution in [2.45, 2.75) is 63.1 Å². The summed E-state index contributed by atoms with van der Waals surface area (Å²) < 4.78 is 6.51. The zero-order valence-corrected chi connectivity index (χ0v) is 21.0. The number of rotatable bonds is 5. The van der Waals surface area contributed by atoms with E-state index >= 15 is 0 Å². The number of carboxylic acid groups (broad SMARTS) is 1. The predicted molar refractivity (Wildman–Crippen MR) is 129 cm³/mol. The number of para-hydroxylation sites is 1. The number of carbonyl (C=O) groups excluding carboxylic acids is 1. The first-order valence-electron chi connectivity index (χ1n) is 12.1. The van der Waals surface area contributed by atoms with Crippen LogP contribution in [0.2, 0.25) is 0 Å². The summed E-state index contributed by atoms with van der Waals surface area (Å²) in [7, 11) is 0. The number of carbonyl (C=O) groups is 2. The first kappa shape index (κ1) is 23.0. The van der Waals surface area contributed by atoms with Crippen LogP contribution >= 0.6 is 15.9 Å². The Bertz CT molecular complexity index is 914. The molecule has 1 aliphatic heterocycles. The van der Waals surface area contributed by atoms with Crippen LogP contribution in [0.5, 0.6) is 0 Å². The molecule has 4 bridgehead atoms. The molecule has 1 aromatic carbocycles. The van der Waals surface area contributed by atoms with Crippen LogP contribution in [0.1, 0.15) is 46.0 Å². The molecule has 1 aromatic rings. The number of nitrogens with zero attached hydrogens (tertiary/aromatic N) is 2. The molecule has 0 spiro atoms. The van der Waals surface area contributed by atoms with Crippen molar-refractivity contribution < 1.29 is 19.4 Å². The van der Waals surface area contributed by atoms with Gasteiger partial charge in [0, 0.05) is 36.7 Å². The summed E-state index contributed by atoms with van der Waals surface area (Å²) in [5.74, 6) is 1.22. The number of hydrogen-bond acceptors (Lipinski definition) is 5. The highest BCUT2D eigenvalue weighted by Crippen LogP contribution is 2.57. The zero-order valence-electron chi connectivity index (χ0n) is 19.4. The summed E-state index contributed by atoms with van der Waals surface area (Å²) in [4.78, 5) is 29.5. The molecule has 2 atom stereocenters. The number of halogens is 1. The molecule has 5 fully saturated rings. The Hall–Kier alpha value is -1.80. The fourth-order valence-electron chi connectivity index (χ4n) is 7.18. The van der Waals surface area contributed by atoms with Gasteiger partial charge in [-0.1, -0.05) is 12.1 Å². The highest BCUT2D eigenvalue weighted by atomic mass is 79.9. The van der Waals surface area contributed by atoms with Crippen molar-refractivity contribution in [2.75, 3.05) is 31.1 Å². The van der Waals surface area contributed by atoms with E-state index in [-0.39, 0.29) is 11.9 Å². The molecule has 2 unspecified atom stereocenters. The Balaban J connectivity index is 1.21. The summed E-state index contributed by atoms with van der Waals surface area (Å²) in [6, 6.07) is 8.40. The van der Waals surface area contributed by atoms with E-state index in [0.29, 0.717) is 17.8 Å². The molecule has 8 heteroatoms. The Kier molecular flexibility index (Phi) is 5.88. The molecule has 1 amide bonds. The molecular weight excluding hydrogens is 486 g/mol. The fourth-order valence-corrected chi connectivity index (χ4v) is 7.72. The average molecular weight is 520 g/mol. The molecule has 0 radical (unpaired) electrons. The minimum absolute atomic E-state index is 0.0857. The second kappa shape index (κ2) is 8.45. The molecule has 7 nitrogen and oxygen atoms in total. The Morgan fingerprint density at radius 2 is 1.73 bits per heavy atom. The third kappa shape index (κ3) is 4.25. The number of anilines is 1. The standard InChI is InChI=1S/C25H34BrN3O4/c1-24(2,29-9-7-28(8-10-29)20-6-4-3-5-19(20)26)22(30)27-21-17-11-16-12-18(21)15-25(13-16,14-17)33-23(31)32/h3-6,16-18,21H,7-15H2,1-2H3,(H,27,30)(H,31,32). The van der Waals surface area contributed by atoms with Gasteiger partial charge in [-0.25, -0.2) is 4.79 Å². The van der Waals surface area contributed by atoms with E-state index in [1.165, 1.54) is 5.69 Å². The first-order valence-corrected chi connectivity index (χ1v) is 12.9. The van der Waals surface area contributed by atoms with E-state index in [0.717, 1.165) is 62.8 Å². The molecule has 5 aliphatic rings. The van der Waals surface area contributed by atoms with Crippen LogP contribution in [-0.2, 0) is 9.53 Å². The minimum Gasteiger partial charge on any atom is -0.450 e. The molecule has 6 rings (SSSR count). The van der Waals surface area contributed by atoms with Crippen molar-refractivity contribution in [3.63, 3.8) is 0 Å². The van der Waals surface area contributed by atoms with E-state index in [1.54, 1.807) is 0 Å². The highest BCUT2D eigenvalue weighted by molar-refractivity contribution is 9.10. The number of nitrogens with one attached hydrogen (secondary N) is 1. The SMILES string of the molecule is CC(C)(C(=O)NC1C2CC3CC1CC(OC(=O)O)(C3)C2)N1CCN(c2ccccc2Br)CC1. The third-order valence-corrected chi connectivity index (χ3v) is 9.31. The Labute approximate surface area is 204 Å². The normalized spacial score (nSPS) is 33.7. The van der Waals surface area contributed by atoms with Crippen molar-refractivity contribution in [1.82, 2.24) is 10.2 Å². The maximum absolute atomic E-state index is 13.5. The maximum atomic E-state index is 13.5. The summed E-state index contributed by atoms with van der Waals surface area (Å²) in [6.45, 7) is 7.48. The van der Waals surface area contributed by atoms with Crippen LogP contribution in [0.4, 0.5) is 10.5 Å². The van der Waals surface area contributed by atoms with Crippen molar-refractivity contribution in [2.24, 2.45) is 17.8 Å². The van der Waals surface area contributed by atoms with Gasteiger partial charge in [0.2, 0.25) is 5.91 Å². The van der Waals surface area contributed by atoms with Crippen LogP contribution in [0.15, 0.2) is 28.7 Å². The average Bonchev–Trinajstić information content (AvgIpc) is 2.75. The number of benzene rings is 1. The van der Waals surface area contributed by atoms with Crippen LogP contribution in [0, 0.1) is 17.8 Å². The fraction of sp³-hybridized carbons (Fsp3) is 0.680. The molecule has 4 saturated carbocycles. The van der Waals surface area contributed by atoms with Crippen LogP contribution in [0.25, 0.3) is 0 Å². The molecule has 0 aromatic heterocycles. The van der Waals surface area contributed by atoms with Gasteiger partial charge in [0.25, 0.3) is 0 Å². The maximum Gasteiger partial charge on any atom is 0.506 e. The van der Waals surface area contributed by atoms with Crippen molar-refractivity contribution >= 4 is 33.7 Å². The summed E-state index contributed by atoms with van der Waals surface area (Å²) in [5.41, 5.74) is 0.0796. The van der Waals surface area contributed by atoms with Crippen LogP contribution in [0.3, 0.4) is 0 Å². The summed E-state index contributed by atoms with van der Waals surface area (Å²) >= 11 is 3.65. The number of piperazine rings is 1. The number of ether oxygens (including phenoxy) is 1. The van der Waals surface area contributed by atoms with Gasteiger partial charge >= 0.3 is 6.16 Å². The smallest absolute Gasteiger partial charge is 0.450 e. The minimum atomic E-state index is -1.17. The summed E-state index contributed by atoms with van der Waals surface area (Å²) in [6.07, 6.45) is 3.29. The van der Waals surface area contributed by atoms with Crippen molar-refractivity contribution in [1.29, 1.82) is 0 Å². The van der Waals surface area contributed by atoms with E-state index in [2.05, 4.69) is 49.2 Å². The monoisotopic (exact) mass is 519 g/mol. The van der Waals surface area contributed by atoms with Gasteiger partial charge in [-0.05, 0) is 91.8 Å². The molecular formula is C25H34BrN3O4. The molecule has 2 N–H and O–H groups in total. The number of amides is 1. The lowest BCUT2D eigenvalue weighted by molar-refractivity contribution is -0.157. The van der Waals surface area contributed by atoms with E-state index in [4.69, 9.17) is 4.74 Å². The van der Waals surface area contributed by atoms with Gasteiger partial charge in [-0.2, -0.15) is 0 Å². The van der Waals surface area contributed by atoms with Crippen LogP contribution in [-0.4, -0.2) is 65.4 Å². The van der Waals surface area contributed by atoms with Gasteiger partial charge in [0.1, 0.15) is 5.60 Å². The van der Waals surface area contributed by atoms with Gasteiger partial charge in [-0.15, -0.1) is 0 Å². The van der Waals surface area contributed by atoms with Gasteiger partial charge < -0.3 is 20.1 Å². The van der Waals surface area contributed by atoms with Crippen molar-refractivity contribution in [3.05, 3.63) is 28.7 Å². The van der Waals surface area contributed by atoms with Crippen LogP contribution < -0.4 is 10.2 Å². The van der Waals surface area contributed by atoms with Crippen molar-refractivity contribution in [3.8, 4) is 0 Å². The van der Waals surface area contributed by atoms with Gasteiger partial charge in [0.15, 0.2) is 0 Å². The largest absolute Gasteiger partial charge is 0.506 e. The molecule has 180 valence electrons. The quantitative estimate of drug-likeness (QED) is 0.569. The lowest BCUT2D eigenvalue weighted by atomic mass is 9.52. The van der Waals surface area contributed by atoms with Gasteiger partial charge in [0.05, 0.1) is 11.2 Å². The predicted octanol–water partition coefficient (Wildman–Crippen LogP) is 4.11. The van der Waals surface area contributed by atoms with E-state index in [1.807, 2.05) is 19.9 Å². The number of hydrogen-bond donors (Lipinski definition) is 2. The zero-order chi connectivity index (χ0) is 23.4. The lowest BCUT2D eigenvalue weighted by Crippen LogP contribution is -2.66. The Morgan fingerprint density at radius 1 is 1.09 bits per heavy atom. The van der Waals surface area contributed by atoms with Gasteiger partial charge in [-0.3, -0.25) is 9.69 Å². The second-order valence-electron chi connectivity index (χ2n) is 11.0. The molecule has 1 saturated heterocycles. The molecule has 33 heavy (non-hydrogen) atoms. The first-order chi connectivity index (χ1) is 15.7. The second-order valence-corrected chi connectivity index (χ2v) is 11.9. The summed E-state index contributed by atoms with van der Waals surface area (Å²) in [5, 5.41) is 12.7. The third-order valence-electron chi connectivity index (χ3n) is 8.64. The molecule has 1 heterocycles.